The van der Waals surface area contributed by atoms with Gasteiger partial charge in [0.2, 0.25) is 0 Å². The summed E-state index contributed by atoms with van der Waals surface area (Å²) in [4.78, 5) is 14.5. The van der Waals surface area contributed by atoms with Crippen LogP contribution < -0.4 is 0 Å². The Morgan fingerprint density at radius 2 is 1.94 bits per heavy atom. The van der Waals surface area contributed by atoms with Gasteiger partial charge in [-0.15, -0.1) is 0 Å². The summed E-state index contributed by atoms with van der Waals surface area (Å²) in [5, 5.41) is 9.67. The molecule has 0 radical (unpaired) electrons. The van der Waals surface area contributed by atoms with Crippen LogP contribution in [0.5, 0.6) is 0 Å². The fourth-order valence-electron chi connectivity index (χ4n) is 1.44. The van der Waals surface area contributed by atoms with E-state index in [1.54, 1.807) is 29.0 Å². The zero-order valence-corrected chi connectivity index (χ0v) is 10.1. The van der Waals surface area contributed by atoms with Crippen LogP contribution in [0.4, 0.5) is 0 Å². The number of rotatable bonds is 3. The van der Waals surface area contributed by atoms with E-state index >= 15 is 0 Å². The third-order valence-electron chi connectivity index (χ3n) is 2.11. The summed E-state index contributed by atoms with van der Waals surface area (Å²) >= 11 is 11.8. The molecule has 0 saturated carbocycles. The third kappa shape index (κ3) is 2.99. The van der Waals surface area contributed by atoms with Crippen molar-refractivity contribution >= 4 is 29.2 Å². The predicted octanol–water partition coefficient (Wildman–Crippen LogP) is 2.81. The molecule has 0 saturated heterocycles. The van der Waals surface area contributed by atoms with Crippen LogP contribution in [-0.4, -0.2) is 20.6 Å². The highest BCUT2D eigenvalue weighted by Gasteiger charge is 2.06. The Labute approximate surface area is 107 Å². The van der Waals surface area contributed by atoms with Crippen LogP contribution in [0.1, 0.15) is 5.69 Å². The lowest BCUT2D eigenvalue weighted by Crippen LogP contribution is -1.99. The quantitative estimate of drug-likeness (QED) is 0.933. The Hall–Kier alpha value is -1.52. The topological polar surface area (TPSA) is 55.1 Å². The Bertz CT molecular complexity index is 546. The molecule has 0 amide bonds. The van der Waals surface area contributed by atoms with E-state index in [0.717, 1.165) is 5.69 Å². The number of halogens is 2. The molecule has 6 heteroatoms. The Balaban J connectivity index is 2.33. The number of imidazole rings is 1. The van der Waals surface area contributed by atoms with Crippen molar-refractivity contribution < 1.29 is 9.90 Å². The lowest BCUT2D eigenvalue weighted by atomic mass is 10.3. The number of benzene rings is 1. The Morgan fingerprint density at radius 3 is 2.53 bits per heavy atom. The summed E-state index contributed by atoms with van der Waals surface area (Å²) < 4.78 is 1.68. The first-order valence-electron chi connectivity index (χ1n) is 4.76. The average Bonchev–Trinajstić information content (AvgIpc) is 2.63. The van der Waals surface area contributed by atoms with Crippen molar-refractivity contribution in [2.24, 2.45) is 0 Å². The van der Waals surface area contributed by atoms with E-state index in [1.165, 1.54) is 6.33 Å². The van der Waals surface area contributed by atoms with Crippen molar-refractivity contribution in [1.29, 1.82) is 0 Å². The van der Waals surface area contributed by atoms with E-state index < -0.39 is 5.97 Å². The summed E-state index contributed by atoms with van der Waals surface area (Å²) in [6.07, 6.45) is 3.05. The van der Waals surface area contributed by atoms with E-state index in [1.807, 2.05) is 0 Å². The molecule has 0 aliphatic carbocycles. The van der Waals surface area contributed by atoms with Gasteiger partial charge in [-0.1, -0.05) is 23.2 Å². The molecule has 0 unspecified atom stereocenters. The number of carboxylic acids is 1. The second-order valence-electron chi connectivity index (χ2n) is 3.47. The molecule has 0 aliphatic heterocycles. The summed E-state index contributed by atoms with van der Waals surface area (Å²) in [6.45, 7) is 0. The molecule has 1 N–H and O–H groups in total. The molecule has 4 nitrogen and oxygen atoms in total. The minimum atomic E-state index is -0.917. The van der Waals surface area contributed by atoms with Gasteiger partial charge in [-0.05, 0) is 18.2 Å². The van der Waals surface area contributed by atoms with Gasteiger partial charge in [-0.2, -0.15) is 0 Å². The van der Waals surface area contributed by atoms with Gasteiger partial charge in [0.05, 0.1) is 18.4 Å². The second-order valence-corrected chi connectivity index (χ2v) is 4.34. The lowest BCUT2D eigenvalue weighted by Gasteiger charge is -2.03. The van der Waals surface area contributed by atoms with Gasteiger partial charge in [0.1, 0.15) is 0 Å². The molecule has 1 aromatic carbocycles. The highest BCUT2D eigenvalue weighted by molar-refractivity contribution is 6.34. The van der Waals surface area contributed by atoms with Gasteiger partial charge in [0.15, 0.2) is 0 Å². The maximum atomic E-state index is 10.5. The van der Waals surface area contributed by atoms with Crippen LogP contribution >= 0.6 is 23.2 Å². The fraction of sp³-hybridized carbons (Fsp3) is 0.0909. The van der Waals surface area contributed by atoms with Crippen molar-refractivity contribution in [2.45, 2.75) is 6.42 Å². The first-order chi connectivity index (χ1) is 8.04. The summed E-state index contributed by atoms with van der Waals surface area (Å²) in [5.41, 5.74) is 1.22. The third-order valence-corrected chi connectivity index (χ3v) is 2.55. The number of aliphatic carboxylic acids is 1. The molecule has 0 atom stereocenters. The SMILES string of the molecule is O=C(O)Cc1cn(-c2cc(Cl)cc(Cl)c2)cn1. The van der Waals surface area contributed by atoms with Crippen LogP contribution in [0, 0.1) is 0 Å². The van der Waals surface area contributed by atoms with Crippen molar-refractivity contribution in [3.05, 3.63) is 46.5 Å². The molecule has 0 bridgehead atoms. The summed E-state index contributed by atoms with van der Waals surface area (Å²) in [5.74, 6) is -0.917. The maximum absolute atomic E-state index is 10.5. The number of carbonyl (C=O) groups is 1. The lowest BCUT2D eigenvalue weighted by molar-refractivity contribution is -0.136. The molecular formula is C11H8Cl2N2O2. The number of aromatic nitrogens is 2. The highest BCUT2D eigenvalue weighted by Crippen LogP contribution is 2.21. The number of hydrogen-bond acceptors (Lipinski definition) is 2. The molecule has 0 aliphatic rings. The maximum Gasteiger partial charge on any atom is 0.309 e. The Kier molecular flexibility index (Phi) is 3.36. The standard InChI is InChI=1S/C11H8Cl2N2O2/c12-7-1-8(13)3-10(2-7)15-5-9(14-6-15)4-11(16)17/h1-3,5-6H,4H2,(H,16,17). The van der Waals surface area contributed by atoms with Gasteiger partial charge in [0.25, 0.3) is 0 Å². The van der Waals surface area contributed by atoms with Crippen molar-refractivity contribution in [3.8, 4) is 5.69 Å². The number of nitrogens with zero attached hydrogens (tertiary/aromatic N) is 2. The summed E-state index contributed by atoms with van der Waals surface area (Å²) in [6, 6.07) is 5.07. The minimum Gasteiger partial charge on any atom is -0.481 e. The predicted molar refractivity (Wildman–Crippen MR) is 64.9 cm³/mol. The largest absolute Gasteiger partial charge is 0.481 e. The monoisotopic (exact) mass is 270 g/mol. The van der Waals surface area contributed by atoms with Crippen LogP contribution in [-0.2, 0) is 11.2 Å². The molecule has 88 valence electrons. The molecule has 1 aromatic heterocycles. The van der Waals surface area contributed by atoms with E-state index in [9.17, 15) is 4.79 Å². The summed E-state index contributed by atoms with van der Waals surface area (Å²) in [7, 11) is 0. The molecule has 0 spiro atoms. The van der Waals surface area contributed by atoms with Crippen molar-refractivity contribution in [3.63, 3.8) is 0 Å². The zero-order valence-electron chi connectivity index (χ0n) is 8.60. The average molecular weight is 271 g/mol. The van der Waals surface area contributed by atoms with Crippen LogP contribution in [0.25, 0.3) is 5.69 Å². The molecule has 1 heterocycles. The highest BCUT2D eigenvalue weighted by atomic mass is 35.5. The van der Waals surface area contributed by atoms with Gasteiger partial charge in [-0.25, -0.2) is 4.98 Å². The smallest absolute Gasteiger partial charge is 0.309 e. The van der Waals surface area contributed by atoms with Gasteiger partial charge >= 0.3 is 5.97 Å². The van der Waals surface area contributed by atoms with Crippen molar-refractivity contribution in [1.82, 2.24) is 9.55 Å². The first kappa shape index (κ1) is 12.0. The molecule has 17 heavy (non-hydrogen) atoms. The van der Waals surface area contributed by atoms with E-state index in [4.69, 9.17) is 28.3 Å². The minimum absolute atomic E-state index is 0.110. The molecular weight excluding hydrogens is 263 g/mol. The van der Waals surface area contributed by atoms with E-state index in [0.29, 0.717) is 15.7 Å². The van der Waals surface area contributed by atoms with Gasteiger partial charge < -0.3 is 9.67 Å². The first-order valence-corrected chi connectivity index (χ1v) is 5.51. The van der Waals surface area contributed by atoms with E-state index in [2.05, 4.69) is 4.98 Å². The van der Waals surface area contributed by atoms with Crippen LogP contribution in [0.3, 0.4) is 0 Å². The second kappa shape index (κ2) is 4.77. The molecule has 2 aromatic rings. The van der Waals surface area contributed by atoms with Crippen molar-refractivity contribution in [2.75, 3.05) is 0 Å². The normalized spacial score (nSPS) is 10.5. The molecule has 2 rings (SSSR count). The van der Waals surface area contributed by atoms with Crippen LogP contribution in [0.2, 0.25) is 10.0 Å². The van der Waals surface area contributed by atoms with Crippen LogP contribution in [0.15, 0.2) is 30.7 Å². The van der Waals surface area contributed by atoms with E-state index in [-0.39, 0.29) is 6.42 Å². The molecule has 0 fully saturated rings. The van der Waals surface area contributed by atoms with Gasteiger partial charge in [-0.3, -0.25) is 4.79 Å². The number of carboxylic acid groups (broad SMARTS) is 1. The van der Waals surface area contributed by atoms with Gasteiger partial charge in [0, 0.05) is 21.9 Å². The fourth-order valence-corrected chi connectivity index (χ4v) is 1.95. The Morgan fingerprint density at radius 1 is 1.29 bits per heavy atom. The number of hydrogen-bond donors (Lipinski definition) is 1. The zero-order chi connectivity index (χ0) is 12.4.